The first kappa shape index (κ1) is 16.8. The van der Waals surface area contributed by atoms with Gasteiger partial charge in [0, 0.05) is 12.6 Å². The third-order valence-electron chi connectivity index (χ3n) is 2.75. The molecule has 1 aromatic carbocycles. The highest BCUT2D eigenvalue weighted by Crippen LogP contribution is 2.19. The lowest BCUT2D eigenvalue weighted by Crippen LogP contribution is -2.25. The van der Waals surface area contributed by atoms with Gasteiger partial charge >= 0.3 is 0 Å². The summed E-state index contributed by atoms with van der Waals surface area (Å²) in [7, 11) is 0. The Kier molecular flexibility index (Phi) is 7.42. The molecule has 1 aromatic rings. The summed E-state index contributed by atoms with van der Waals surface area (Å²) in [4.78, 5) is 21.9. The maximum atomic E-state index is 13.1. The van der Waals surface area contributed by atoms with Gasteiger partial charge in [-0.2, -0.15) is 0 Å². The lowest BCUT2D eigenvalue weighted by molar-refractivity contribution is -0.385. The molecule has 0 radical (unpaired) electrons. The van der Waals surface area contributed by atoms with E-state index in [1.54, 1.807) is 0 Å². The summed E-state index contributed by atoms with van der Waals surface area (Å²) in [5.41, 5.74) is -0.615. The van der Waals surface area contributed by atoms with Crippen molar-refractivity contribution in [2.75, 3.05) is 11.0 Å². The second kappa shape index (κ2) is 8.83. The highest BCUT2D eigenvalue weighted by atomic mass is 127. The van der Waals surface area contributed by atoms with E-state index in [0.29, 0.717) is 6.54 Å². The minimum Gasteiger partial charge on any atom is -0.352 e. The Hall–Kier alpha value is -1.25. The van der Waals surface area contributed by atoms with E-state index in [1.807, 2.05) is 0 Å². The maximum Gasteiger partial charge on any atom is 0.282 e. The molecule has 0 saturated carbocycles. The zero-order chi connectivity index (χ0) is 15.0. The fourth-order valence-corrected chi connectivity index (χ4v) is 2.26. The molecule has 0 aliphatic heterocycles. The second-order valence-corrected chi connectivity index (χ2v) is 5.36. The van der Waals surface area contributed by atoms with Crippen LogP contribution in [0.25, 0.3) is 0 Å². The molecule has 0 aromatic heterocycles. The van der Waals surface area contributed by atoms with Crippen molar-refractivity contribution in [2.45, 2.75) is 25.7 Å². The summed E-state index contributed by atoms with van der Waals surface area (Å²) < 4.78 is 14.2. The molecule has 0 heterocycles. The van der Waals surface area contributed by atoms with E-state index in [4.69, 9.17) is 0 Å². The van der Waals surface area contributed by atoms with Gasteiger partial charge in [0.15, 0.2) is 0 Å². The van der Waals surface area contributed by atoms with Crippen LogP contribution in [0.4, 0.5) is 10.1 Å². The van der Waals surface area contributed by atoms with Gasteiger partial charge in [-0.05, 0) is 29.4 Å². The minimum atomic E-state index is -0.686. The van der Waals surface area contributed by atoms with E-state index >= 15 is 0 Å². The number of rotatable bonds is 8. The van der Waals surface area contributed by atoms with E-state index in [9.17, 15) is 19.3 Å². The number of carbonyl (C=O) groups excluding carboxylic acids is 1. The van der Waals surface area contributed by atoms with Gasteiger partial charge in [-0.25, -0.2) is 4.39 Å². The molecular weight excluding hydrogens is 378 g/mol. The third-order valence-corrected chi connectivity index (χ3v) is 3.51. The van der Waals surface area contributed by atoms with Crippen LogP contribution in [0.1, 0.15) is 36.0 Å². The monoisotopic (exact) mass is 394 g/mol. The number of nitrogens with one attached hydrogen (secondary N) is 1. The number of hydrogen-bond acceptors (Lipinski definition) is 3. The standard InChI is InChI=1S/C13H16FIN2O3/c14-10-5-6-12(17(19)20)11(9-10)13(18)16-8-4-2-1-3-7-15/h5-6,9H,1-4,7-8H2,(H,16,18). The van der Waals surface area contributed by atoms with E-state index in [1.165, 1.54) is 0 Å². The molecule has 1 rings (SSSR count). The number of benzene rings is 1. The van der Waals surface area contributed by atoms with Gasteiger partial charge in [0.2, 0.25) is 0 Å². The van der Waals surface area contributed by atoms with Crippen LogP contribution < -0.4 is 5.32 Å². The van der Waals surface area contributed by atoms with Crippen LogP contribution in [0.3, 0.4) is 0 Å². The molecule has 0 saturated heterocycles. The van der Waals surface area contributed by atoms with Crippen LogP contribution >= 0.6 is 22.6 Å². The highest BCUT2D eigenvalue weighted by molar-refractivity contribution is 14.1. The first-order chi connectivity index (χ1) is 9.56. The predicted molar refractivity (Wildman–Crippen MR) is 82.7 cm³/mol. The normalized spacial score (nSPS) is 10.3. The third kappa shape index (κ3) is 5.40. The molecule has 110 valence electrons. The molecule has 0 aliphatic carbocycles. The van der Waals surface area contributed by atoms with Crippen molar-refractivity contribution in [1.82, 2.24) is 5.32 Å². The topological polar surface area (TPSA) is 72.2 Å². The predicted octanol–water partition coefficient (Wildman–Crippen LogP) is 3.46. The van der Waals surface area contributed by atoms with Gasteiger partial charge in [-0.15, -0.1) is 0 Å². The molecule has 7 heteroatoms. The smallest absolute Gasteiger partial charge is 0.282 e. The van der Waals surface area contributed by atoms with Crippen molar-refractivity contribution < 1.29 is 14.1 Å². The van der Waals surface area contributed by atoms with Crippen LogP contribution in [0.2, 0.25) is 0 Å². The van der Waals surface area contributed by atoms with E-state index in [0.717, 1.165) is 48.3 Å². The number of hydrogen-bond donors (Lipinski definition) is 1. The van der Waals surface area contributed by atoms with Crippen molar-refractivity contribution in [2.24, 2.45) is 0 Å². The number of carbonyl (C=O) groups is 1. The van der Waals surface area contributed by atoms with Gasteiger partial charge in [0.05, 0.1) is 4.92 Å². The molecule has 0 spiro atoms. The number of alkyl halides is 1. The highest BCUT2D eigenvalue weighted by Gasteiger charge is 2.20. The van der Waals surface area contributed by atoms with Gasteiger partial charge in [-0.1, -0.05) is 35.4 Å². The second-order valence-electron chi connectivity index (χ2n) is 4.28. The molecule has 5 nitrogen and oxygen atoms in total. The van der Waals surface area contributed by atoms with E-state index in [-0.39, 0.29) is 11.3 Å². The Labute approximate surface area is 130 Å². The zero-order valence-corrected chi connectivity index (χ0v) is 13.1. The molecule has 1 N–H and O–H groups in total. The lowest BCUT2D eigenvalue weighted by atomic mass is 10.1. The van der Waals surface area contributed by atoms with Crippen LogP contribution in [0.5, 0.6) is 0 Å². The van der Waals surface area contributed by atoms with Crippen LogP contribution in [-0.2, 0) is 0 Å². The zero-order valence-electron chi connectivity index (χ0n) is 10.9. The maximum absolute atomic E-state index is 13.1. The summed E-state index contributed by atoms with van der Waals surface area (Å²) in [5, 5.41) is 13.4. The number of nitro benzene ring substituents is 1. The Bertz CT molecular complexity index is 483. The molecule has 0 fully saturated rings. The average molecular weight is 394 g/mol. The number of nitrogens with zero attached hydrogens (tertiary/aromatic N) is 1. The first-order valence-corrected chi connectivity index (χ1v) is 7.87. The summed E-state index contributed by atoms with van der Waals surface area (Å²) >= 11 is 2.31. The molecule has 20 heavy (non-hydrogen) atoms. The summed E-state index contributed by atoms with van der Waals surface area (Å²) in [6, 6.07) is 2.87. The number of nitro groups is 1. The summed E-state index contributed by atoms with van der Waals surface area (Å²) in [6.45, 7) is 0.438. The molecule has 1 amide bonds. The Morgan fingerprint density at radius 2 is 2.00 bits per heavy atom. The number of amides is 1. The van der Waals surface area contributed by atoms with Crippen molar-refractivity contribution in [1.29, 1.82) is 0 Å². The average Bonchev–Trinajstić information content (AvgIpc) is 2.42. The Balaban J connectivity index is 2.54. The van der Waals surface area contributed by atoms with Crippen molar-refractivity contribution >= 4 is 34.2 Å². The van der Waals surface area contributed by atoms with Gasteiger partial charge in [0.1, 0.15) is 11.4 Å². The van der Waals surface area contributed by atoms with E-state index in [2.05, 4.69) is 27.9 Å². The molecule has 0 atom stereocenters. The molecule has 0 bridgehead atoms. The lowest BCUT2D eigenvalue weighted by Gasteiger charge is -2.06. The Morgan fingerprint density at radius 1 is 1.30 bits per heavy atom. The first-order valence-electron chi connectivity index (χ1n) is 6.34. The largest absolute Gasteiger partial charge is 0.352 e. The molecule has 0 aliphatic rings. The van der Waals surface area contributed by atoms with Crippen molar-refractivity contribution in [3.8, 4) is 0 Å². The summed E-state index contributed by atoms with van der Waals surface area (Å²) in [5.74, 6) is -1.27. The van der Waals surface area contributed by atoms with Gasteiger partial charge in [0.25, 0.3) is 11.6 Å². The van der Waals surface area contributed by atoms with Crippen molar-refractivity contribution in [3.05, 3.63) is 39.7 Å². The summed E-state index contributed by atoms with van der Waals surface area (Å²) in [6.07, 6.45) is 4.04. The van der Waals surface area contributed by atoms with Crippen LogP contribution in [-0.4, -0.2) is 21.8 Å². The molecule has 0 unspecified atom stereocenters. The molecular formula is C13H16FIN2O3. The quantitative estimate of drug-likeness (QED) is 0.241. The van der Waals surface area contributed by atoms with Gasteiger partial charge < -0.3 is 5.32 Å². The Morgan fingerprint density at radius 3 is 2.65 bits per heavy atom. The van der Waals surface area contributed by atoms with Gasteiger partial charge in [-0.3, -0.25) is 14.9 Å². The number of halogens is 2. The minimum absolute atomic E-state index is 0.234. The fourth-order valence-electron chi connectivity index (χ4n) is 1.72. The SMILES string of the molecule is O=C(NCCCCCCI)c1cc(F)ccc1[N+](=O)[O-]. The van der Waals surface area contributed by atoms with Crippen LogP contribution in [0, 0.1) is 15.9 Å². The van der Waals surface area contributed by atoms with Crippen LogP contribution in [0.15, 0.2) is 18.2 Å². The van der Waals surface area contributed by atoms with E-state index < -0.39 is 16.6 Å². The fraction of sp³-hybridized carbons (Fsp3) is 0.462. The van der Waals surface area contributed by atoms with Crippen molar-refractivity contribution in [3.63, 3.8) is 0 Å². The number of unbranched alkanes of at least 4 members (excludes halogenated alkanes) is 3.